The van der Waals surface area contributed by atoms with E-state index >= 15 is 0 Å². The molecule has 1 aromatic rings. The molecule has 0 bridgehead atoms. The lowest BCUT2D eigenvalue weighted by molar-refractivity contribution is -0.143. The van der Waals surface area contributed by atoms with Crippen LogP contribution in [0.3, 0.4) is 0 Å². The zero-order valence-corrected chi connectivity index (χ0v) is 16.7. The SMILES string of the molecule is CCOC(=O)CC[C@@H]1C[C@@H](Oc2ccc(F)c(F)c2)CN1C(=O)OC(C)(C)C. The number of carbonyl (C=O) groups is 2. The van der Waals surface area contributed by atoms with Crippen molar-refractivity contribution in [2.75, 3.05) is 13.2 Å². The van der Waals surface area contributed by atoms with Gasteiger partial charge in [-0.15, -0.1) is 0 Å². The van der Waals surface area contributed by atoms with Crippen LogP contribution in [0.5, 0.6) is 5.75 Å². The molecule has 0 radical (unpaired) electrons. The Morgan fingerprint density at radius 2 is 1.93 bits per heavy atom. The van der Waals surface area contributed by atoms with Crippen LogP contribution in [-0.4, -0.2) is 47.9 Å². The smallest absolute Gasteiger partial charge is 0.410 e. The number of carbonyl (C=O) groups excluding carboxylic acids is 2. The highest BCUT2D eigenvalue weighted by atomic mass is 19.2. The van der Waals surface area contributed by atoms with E-state index in [0.717, 1.165) is 12.1 Å². The van der Waals surface area contributed by atoms with Crippen LogP contribution >= 0.6 is 0 Å². The Labute approximate surface area is 163 Å². The molecule has 156 valence electrons. The van der Waals surface area contributed by atoms with Gasteiger partial charge in [-0.2, -0.15) is 0 Å². The van der Waals surface area contributed by atoms with Gasteiger partial charge in [0, 0.05) is 24.9 Å². The van der Waals surface area contributed by atoms with Crippen molar-refractivity contribution in [2.24, 2.45) is 0 Å². The number of amides is 1. The number of nitrogens with zero attached hydrogens (tertiary/aromatic N) is 1. The number of likely N-dealkylation sites (tertiary alicyclic amines) is 1. The van der Waals surface area contributed by atoms with Crippen molar-refractivity contribution in [2.45, 2.75) is 64.7 Å². The van der Waals surface area contributed by atoms with E-state index in [1.165, 1.54) is 11.0 Å². The van der Waals surface area contributed by atoms with Gasteiger partial charge in [0.2, 0.25) is 0 Å². The lowest BCUT2D eigenvalue weighted by Gasteiger charge is -2.28. The molecule has 1 saturated heterocycles. The summed E-state index contributed by atoms with van der Waals surface area (Å²) in [6.45, 7) is 7.55. The van der Waals surface area contributed by atoms with Gasteiger partial charge in [0.1, 0.15) is 17.5 Å². The van der Waals surface area contributed by atoms with Crippen LogP contribution in [0, 0.1) is 11.6 Å². The van der Waals surface area contributed by atoms with Gasteiger partial charge >= 0.3 is 12.1 Å². The number of hydrogen-bond acceptors (Lipinski definition) is 5. The van der Waals surface area contributed by atoms with Gasteiger partial charge in [-0.05, 0) is 46.2 Å². The van der Waals surface area contributed by atoms with Gasteiger partial charge in [0.15, 0.2) is 11.6 Å². The van der Waals surface area contributed by atoms with E-state index in [4.69, 9.17) is 14.2 Å². The first-order valence-electron chi connectivity index (χ1n) is 9.36. The van der Waals surface area contributed by atoms with Crippen LogP contribution in [-0.2, 0) is 14.3 Å². The fourth-order valence-electron chi connectivity index (χ4n) is 3.04. The van der Waals surface area contributed by atoms with Crippen molar-refractivity contribution in [3.05, 3.63) is 29.8 Å². The number of benzene rings is 1. The van der Waals surface area contributed by atoms with Crippen molar-refractivity contribution in [3.63, 3.8) is 0 Å². The highest BCUT2D eigenvalue weighted by Crippen LogP contribution is 2.28. The third-order valence-electron chi connectivity index (χ3n) is 4.18. The summed E-state index contributed by atoms with van der Waals surface area (Å²) in [5.74, 6) is -2.12. The molecule has 1 aromatic carbocycles. The second-order valence-corrected chi connectivity index (χ2v) is 7.68. The van der Waals surface area contributed by atoms with Crippen molar-refractivity contribution in [3.8, 4) is 5.75 Å². The Morgan fingerprint density at radius 1 is 1.21 bits per heavy atom. The average Bonchev–Trinajstić information content (AvgIpc) is 2.98. The monoisotopic (exact) mass is 399 g/mol. The van der Waals surface area contributed by atoms with E-state index in [0.29, 0.717) is 19.4 Å². The molecule has 0 aromatic heterocycles. The predicted molar refractivity (Wildman–Crippen MR) is 98.0 cm³/mol. The fourth-order valence-corrected chi connectivity index (χ4v) is 3.04. The first-order chi connectivity index (χ1) is 13.1. The highest BCUT2D eigenvalue weighted by Gasteiger charge is 2.38. The Hall–Kier alpha value is -2.38. The van der Waals surface area contributed by atoms with E-state index in [9.17, 15) is 18.4 Å². The molecule has 2 rings (SSSR count). The maximum Gasteiger partial charge on any atom is 0.410 e. The van der Waals surface area contributed by atoms with Crippen LogP contribution in [0.4, 0.5) is 13.6 Å². The second-order valence-electron chi connectivity index (χ2n) is 7.68. The third-order valence-corrected chi connectivity index (χ3v) is 4.18. The van der Waals surface area contributed by atoms with E-state index in [-0.39, 0.29) is 30.7 Å². The maximum atomic E-state index is 13.4. The molecular formula is C20H27F2NO5. The molecule has 28 heavy (non-hydrogen) atoms. The zero-order chi connectivity index (χ0) is 20.9. The van der Waals surface area contributed by atoms with Gasteiger partial charge in [-0.25, -0.2) is 13.6 Å². The Morgan fingerprint density at radius 3 is 2.54 bits per heavy atom. The van der Waals surface area contributed by atoms with Gasteiger partial charge < -0.3 is 19.1 Å². The predicted octanol–water partition coefficient (Wildman–Crippen LogP) is 4.06. The van der Waals surface area contributed by atoms with Crippen LogP contribution in [0.2, 0.25) is 0 Å². The number of hydrogen-bond donors (Lipinski definition) is 0. The Bertz CT molecular complexity index is 704. The minimum Gasteiger partial charge on any atom is -0.488 e. The molecule has 8 heteroatoms. The van der Waals surface area contributed by atoms with E-state index < -0.39 is 29.4 Å². The van der Waals surface area contributed by atoms with Gasteiger partial charge in [-0.3, -0.25) is 4.79 Å². The maximum absolute atomic E-state index is 13.4. The molecule has 1 aliphatic heterocycles. The van der Waals surface area contributed by atoms with Gasteiger partial charge in [-0.1, -0.05) is 0 Å². The van der Waals surface area contributed by atoms with Crippen LogP contribution in [0.1, 0.15) is 47.0 Å². The van der Waals surface area contributed by atoms with Crippen LogP contribution in [0.25, 0.3) is 0 Å². The first-order valence-corrected chi connectivity index (χ1v) is 9.36. The highest BCUT2D eigenvalue weighted by molar-refractivity contribution is 5.71. The van der Waals surface area contributed by atoms with Gasteiger partial charge in [0.25, 0.3) is 0 Å². The molecule has 6 nitrogen and oxygen atoms in total. The quantitative estimate of drug-likeness (QED) is 0.675. The molecule has 2 atom stereocenters. The number of ether oxygens (including phenoxy) is 3. The fraction of sp³-hybridized carbons (Fsp3) is 0.600. The summed E-state index contributed by atoms with van der Waals surface area (Å²) in [6.07, 6.45) is 0.0746. The van der Waals surface area contributed by atoms with Crippen molar-refractivity contribution in [1.29, 1.82) is 0 Å². The van der Waals surface area contributed by atoms with Gasteiger partial charge in [0.05, 0.1) is 13.2 Å². The molecule has 1 fully saturated rings. The number of halogens is 2. The Kier molecular flexibility index (Phi) is 7.21. The topological polar surface area (TPSA) is 65.1 Å². The molecule has 1 amide bonds. The normalized spacial score (nSPS) is 19.4. The summed E-state index contributed by atoms with van der Waals surface area (Å²) in [5, 5.41) is 0. The molecular weight excluding hydrogens is 372 g/mol. The molecule has 1 heterocycles. The summed E-state index contributed by atoms with van der Waals surface area (Å²) in [5.41, 5.74) is -0.665. The first kappa shape index (κ1) is 21.9. The summed E-state index contributed by atoms with van der Waals surface area (Å²) in [4.78, 5) is 25.8. The molecule has 0 saturated carbocycles. The molecule has 0 aliphatic carbocycles. The summed E-state index contributed by atoms with van der Waals surface area (Å²) < 4.78 is 42.6. The summed E-state index contributed by atoms with van der Waals surface area (Å²) in [6, 6.07) is 3.01. The standard InChI is InChI=1S/C20H27F2NO5/c1-5-26-18(24)9-6-13-10-15(12-23(13)19(25)28-20(2,3)4)27-14-7-8-16(21)17(22)11-14/h7-8,11,13,15H,5-6,9-10,12H2,1-4H3/t13-,15-/m1/s1. The third kappa shape index (κ3) is 6.35. The Balaban J connectivity index is 2.07. The van der Waals surface area contributed by atoms with E-state index in [1.807, 2.05) is 0 Å². The summed E-state index contributed by atoms with van der Waals surface area (Å²) >= 11 is 0. The zero-order valence-electron chi connectivity index (χ0n) is 16.7. The number of rotatable bonds is 6. The molecule has 0 spiro atoms. The minimum atomic E-state index is -1.00. The van der Waals surface area contributed by atoms with Crippen LogP contribution < -0.4 is 4.74 Å². The largest absolute Gasteiger partial charge is 0.488 e. The van der Waals surface area contributed by atoms with E-state index in [2.05, 4.69) is 0 Å². The van der Waals surface area contributed by atoms with Crippen molar-refractivity contribution >= 4 is 12.1 Å². The van der Waals surface area contributed by atoms with E-state index in [1.54, 1.807) is 27.7 Å². The van der Waals surface area contributed by atoms with Crippen molar-refractivity contribution in [1.82, 2.24) is 4.90 Å². The number of esters is 1. The van der Waals surface area contributed by atoms with Crippen molar-refractivity contribution < 1.29 is 32.6 Å². The summed E-state index contributed by atoms with van der Waals surface area (Å²) in [7, 11) is 0. The average molecular weight is 399 g/mol. The lowest BCUT2D eigenvalue weighted by atomic mass is 10.1. The lowest BCUT2D eigenvalue weighted by Crippen LogP contribution is -2.40. The van der Waals surface area contributed by atoms with Crippen LogP contribution in [0.15, 0.2) is 18.2 Å². The minimum absolute atomic E-state index is 0.162. The molecule has 0 unspecified atom stereocenters. The molecule has 0 N–H and O–H groups in total. The second kappa shape index (κ2) is 9.21. The molecule has 1 aliphatic rings.